The number of carbonyl (C=O) groups excluding carboxylic acids is 1. The molecule has 0 saturated carbocycles. The third-order valence-corrected chi connectivity index (χ3v) is 2.74. The lowest BCUT2D eigenvalue weighted by atomic mass is 10.2. The van der Waals surface area contributed by atoms with Gasteiger partial charge in [-0.25, -0.2) is 4.99 Å². The summed E-state index contributed by atoms with van der Waals surface area (Å²) < 4.78 is 14.9. The minimum Gasteiger partial charge on any atom is -0.493 e. The Bertz CT molecular complexity index is 503. The number of rotatable bonds is 7. The van der Waals surface area contributed by atoms with Crippen molar-refractivity contribution in [2.24, 2.45) is 10.7 Å². The van der Waals surface area contributed by atoms with Crippen molar-refractivity contribution in [1.29, 1.82) is 0 Å². The Morgan fingerprint density at radius 3 is 2.57 bits per heavy atom. The summed E-state index contributed by atoms with van der Waals surface area (Å²) in [5, 5.41) is 2.84. The Balaban J connectivity index is 2.53. The Morgan fingerprint density at radius 1 is 1.24 bits per heavy atom. The normalized spacial score (nSPS) is 10.9. The summed E-state index contributed by atoms with van der Waals surface area (Å²) in [7, 11) is 4.50. The van der Waals surface area contributed by atoms with Crippen molar-refractivity contribution >= 4 is 11.9 Å². The Morgan fingerprint density at radius 2 is 1.95 bits per heavy atom. The number of hydrogen-bond acceptors (Lipinski definition) is 5. The fourth-order valence-corrected chi connectivity index (χ4v) is 1.61. The van der Waals surface area contributed by atoms with E-state index in [2.05, 4.69) is 15.0 Å². The van der Waals surface area contributed by atoms with Crippen LogP contribution in [-0.4, -0.2) is 39.8 Å². The maximum atomic E-state index is 10.9. The molecule has 0 spiro atoms. The number of carbonyl (C=O) groups is 1. The average molecular weight is 295 g/mol. The van der Waals surface area contributed by atoms with Gasteiger partial charge in [0.05, 0.1) is 34.3 Å². The molecule has 21 heavy (non-hydrogen) atoms. The third kappa shape index (κ3) is 5.60. The van der Waals surface area contributed by atoms with Crippen LogP contribution in [0.2, 0.25) is 0 Å². The van der Waals surface area contributed by atoms with Gasteiger partial charge in [-0.2, -0.15) is 0 Å². The van der Waals surface area contributed by atoms with Gasteiger partial charge in [-0.3, -0.25) is 4.79 Å². The molecule has 0 bridgehead atoms. The van der Waals surface area contributed by atoms with Gasteiger partial charge in [0.15, 0.2) is 17.5 Å². The van der Waals surface area contributed by atoms with Crippen molar-refractivity contribution in [2.45, 2.75) is 13.0 Å². The van der Waals surface area contributed by atoms with Crippen LogP contribution in [0.4, 0.5) is 0 Å². The minimum absolute atomic E-state index is 0.239. The van der Waals surface area contributed by atoms with Crippen LogP contribution in [0.25, 0.3) is 0 Å². The maximum Gasteiger partial charge on any atom is 0.307 e. The number of hydrogen-bond donors (Lipinski definition) is 2. The number of nitrogens with zero attached hydrogens (tertiary/aromatic N) is 1. The SMILES string of the molecule is COC(=O)CCNC(N)=NCc1ccc(OC)c(OC)c1. The number of ether oxygens (including phenoxy) is 3. The van der Waals surface area contributed by atoms with Crippen LogP contribution in [0.3, 0.4) is 0 Å². The van der Waals surface area contributed by atoms with E-state index in [1.807, 2.05) is 18.2 Å². The predicted molar refractivity (Wildman–Crippen MR) is 79.5 cm³/mol. The van der Waals surface area contributed by atoms with Crippen LogP contribution in [0.5, 0.6) is 11.5 Å². The lowest BCUT2D eigenvalue weighted by Gasteiger charge is -2.09. The summed E-state index contributed by atoms with van der Waals surface area (Å²) in [5.41, 5.74) is 6.64. The molecule has 0 fully saturated rings. The molecule has 0 aliphatic heterocycles. The number of methoxy groups -OCH3 is 3. The van der Waals surface area contributed by atoms with Crippen molar-refractivity contribution < 1.29 is 19.0 Å². The van der Waals surface area contributed by atoms with Crippen molar-refractivity contribution in [2.75, 3.05) is 27.9 Å². The first kappa shape index (κ1) is 16.6. The van der Waals surface area contributed by atoms with E-state index in [0.717, 1.165) is 5.56 Å². The van der Waals surface area contributed by atoms with E-state index in [0.29, 0.717) is 24.6 Å². The molecule has 0 heterocycles. The molecule has 116 valence electrons. The molecular formula is C14H21N3O4. The monoisotopic (exact) mass is 295 g/mol. The van der Waals surface area contributed by atoms with Crippen LogP contribution < -0.4 is 20.5 Å². The summed E-state index contributed by atoms with van der Waals surface area (Å²) >= 11 is 0. The molecule has 0 amide bonds. The van der Waals surface area contributed by atoms with Crippen molar-refractivity contribution in [1.82, 2.24) is 5.32 Å². The van der Waals surface area contributed by atoms with Crippen molar-refractivity contribution in [3.8, 4) is 11.5 Å². The minimum atomic E-state index is -0.296. The Kier molecular flexibility index (Phi) is 6.86. The average Bonchev–Trinajstić information content (AvgIpc) is 2.52. The van der Waals surface area contributed by atoms with Crippen LogP contribution >= 0.6 is 0 Å². The number of aliphatic imine (C=N–C) groups is 1. The second kappa shape index (κ2) is 8.68. The van der Waals surface area contributed by atoms with Crippen molar-refractivity contribution in [3.63, 3.8) is 0 Å². The summed E-state index contributed by atoms with van der Waals surface area (Å²) in [6.07, 6.45) is 0.239. The molecule has 1 aromatic carbocycles. The molecule has 3 N–H and O–H groups in total. The van der Waals surface area contributed by atoms with Gasteiger partial charge in [-0.1, -0.05) is 6.07 Å². The first-order valence-electron chi connectivity index (χ1n) is 6.42. The zero-order valence-electron chi connectivity index (χ0n) is 12.5. The van der Waals surface area contributed by atoms with E-state index in [4.69, 9.17) is 15.2 Å². The fraction of sp³-hybridized carbons (Fsp3) is 0.429. The van der Waals surface area contributed by atoms with E-state index in [-0.39, 0.29) is 18.3 Å². The largest absolute Gasteiger partial charge is 0.493 e. The molecule has 0 unspecified atom stereocenters. The van der Waals surface area contributed by atoms with Crippen LogP contribution in [0.1, 0.15) is 12.0 Å². The molecule has 0 saturated heterocycles. The highest BCUT2D eigenvalue weighted by Crippen LogP contribution is 2.27. The highest BCUT2D eigenvalue weighted by molar-refractivity contribution is 5.78. The zero-order chi connectivity index (χ0) is 15.7. The van der Waals surface area contributed by atoms with E-state index >= 15 is 0 Å². The number of benzene rings is 1. The van der Waals surface area contributed by atoms with E-state index in [9.17, 15) is 4.79 Å². The Labute approximate surface area is 124 Å². The molecule has 0 aliphatic rings. The van der Waals surface area contributed by atoms with E-state index < -0.39 is 0 Å². The maximum absolute atomic E-state index is 10.9. The first-order valence-corrected chi connectivity index (χ1v) is 6.42. The summed E-state index contributed by atoms with van der Waals surface area (Å²) in [6, 6.07) is 5.53. The van der Waals surface area contributed by atoms with Gasteiger partial charge in [0.25, 0.3) is 0 Å². The van der Waals surface area contributed by atoms with Gasteiger partial charge in [0.2, 0.25) is 0 Å². The Hall–Kier alpha value is -2.44. The number of guanidine groups is 1. The summed E-state index contributed by atoms with van der Waals surface area (Å²) in [6.45, 7) is 0.783. The molecular weight excluding hydrogens is 274 g/mol. The van der Waals surface area contributed by atoms with Crippen molar-refractivity contribution in [3.05, 3.63) is 23.8 Å². The number of nitrogens with two attached hydrogens (primary N) is 1. The molecule has 0 aromatic heterocycles. The number of esters is 1. The molecule has 0 aliphatic carbocycles. The van der Waals surface area contributed by atoms with Gasteiger partial charge in [0.1, 0.15) is 0 Å². The quantitative estimate of drug-likeness (QED) is 0.436. The molecule has 7 heteroatoms. The smallest absolute Gasteiger partial charge is 0.307 e. The van der Waals surface area contributed by atoms with Gasteiger partial charge in [-0.05, 0) is 17.7 Å². The highest BCUT2D eigenvalue weighted by atomic mass is 16.5. The molecule has 0 atom stereocenters. The lowest BCUT2D eigenvalue weighted by molar-refractivity contribution is -0.140. The van der Waals surface area contributed by atoms with Gasteiger partial charge in [0, 0.05) is 6.54 Å². The van der Waals surface area contributed by atoms with Crippen LogP contribution in [0, 0.1) is 0 Å². The molecule has 1 rings (SSSR count). The number of nitrogens with one attached hydrogen (secondary N) is 1. The highest BCUT2D eigenvalue weighted by Gasteiger charge is 2.04. The lowest BCUT2D eigenvalue weighted by Crippen LogP contribution is -2.33. The molecule has 7 nitrogen and oxygen atoms in total. The zero-order valence-corrected chi connectivity index (χ0v) is 12.5. The second-order valence-corrected chi connectivity index (χ2v) is 4.14. The molecule has 1 aromatic rings. The van der Waals surface area contributed by atoms with E-state index in [1.165, 1.54) is 7.11 Å². The summed E-state index contributed by atoms with van der Waals surface area (Å²) in [4.78, 5) is 15.1. The molecule has 0 radical (unpaired) electrons. The standard InChI is InChI=1S/C14H21N3O4/c1-19-11-5-4-10(8-12(11)20-2)9-17-14(15)16-7-6-13(18)21-3/h4-5,8H,6-7,9H2,1-3H3,(H3,15,16,17). The predicted octanol–water partition coefficient (Wildman–Crippen LogP) is 0.671. The van der Waals surface area contributed by atoms with Crippen LogP contribution in [-0.2, 0) is 16.1 Å². The first-order chi connectivity index (χ1) is 10.1. The fourth-order valence-electron chi connectivity index (χ4n) is 1.61. The van der Waals surface area contributed by atoms with E-state index in [1.54, 1.807) is 14.2 Å². The van der Waals surface area contributed by atoms with Gasteiger partial charge >= 0.3 is 5.97 Å². The van der Waals surface area contributed by atoms with Crippen LogP contribution in [0.15, 0.2) is 23.2 Å². The second-order valence-electron chi connectivity index (χ2n) is 4.14. The third-order valence-electron chi connectivity index (χ3n) is 2.74. The summed E-state index contributed by atoms with van der Waals surface area (Å²) in [5.74, 6) is 1.28. The topological polar surface area (TPSA) is 95.2 Å². The van der Waals surface area contributed by atoms with Gasteiger partial charge < -0.3 is 25.3 Å². The van der Waals surface area contributed by atoms with Gasteiger partial charge in [-0.15, -0.1) is 0 Å².